The van der Waals surface area contributed by atoms with Gasteiger partial charge in [-0.3, -0.25) is 9.78 Å². The van der Waals surface area contributed by atoms with Crippen LogP contribution in [0.3, 0.4) is 0 Å². The average molecular weight is 439 g/mol. The Hall–Kier alpha value is -2.90. The molecule has 1 saturated heterocycles. The van der Waals surface area contributed by atoms with Crippen LogP contribution < -0.4 is 9.47 Å². The molecule has 3 aromatic rings. The van der Waals surface area contributed by atoms with Crippen LogP contribution in [-0.2, 0) is 17.8 Å². The van der Waals surface area contributed by atoms with Gasteiger partial charge in [-0.25, -0.2) is 0 Å². The molecule has 0 unspecified atom stereocenters. The molecule has 1 fully saturated rings. The molecular weight excluding hydrogens is 412 g/mol. The largest absolute Gasteiger partial charge is 0.493 e. The Bertz CT molecular complexity index is 1020. The van der Waals surface area contributed by atoms with Crippen molar-refractivity contribution in [3.63, 3.8) is 0 Å². The van der Waals surface area contributed by atoms with Gasteiger partial charge in [0.2, 0.25) is 0 Å². The van der Waals surface area contributed by atoms with E-state index in [0.29, 0.717) is 31.2 Å². The van der Waals surface area contributed by atoms with Crippen molar-refractivity contribution in [3.8, 4) is 11.5 Å². The van der Waals surface area contributed by atoms with E-state index in [1.165, 1.54) is 11.3 Å². The third kappa shape index (κ3) is 5.42. The van der Waals surface area contributed by atoms with Crippen LogP contribution in [0.15, 0.2) is 54.9 Å². The fraction of sp³-hybridized carbons (Fsp3) is 0.333. The maximum Gasteiger partial charge on any atom is 0.264 e. The summed E-state index contributed by atoms with van der Waals surface area (Å²) >= 11 is 1.51. The van der Waals surface area contributed by atoms with Crippen LogP contribution in [0.25, 0.3) is 0 Å². The zero-order valence-electron chi connectivity index (χ0n) is 17.7. The van der Waals surface area contributed by atoms with E-state index in [2.05, 4.69) is 4.98 Å². The second-order valence-electron chi connectivity index (χ2n) is 7.52. The molecule has 2 aromatic heterocycles. The number of thiophene rings is 1. The van der Waals surface area contributed by atoms with Crippen LogP contribution >= 0.6 is 11.3 Å². The molecule has 0 bridgehead atoms. The van der Waals surface area contributed by atoms with Crippen LogP contribution in [0, 0.1) is 6.92 Å². The summed E-state index contributed by atoms with van der Waals surface area (Å²) < 4.78 is 17.0. The van der Waals surface area contributed by atoms with Crippen molar-refractivity contribution >= 4 is 17.2 Å². The summed E-state index contributed by atoms with van der Waals surface area (Å²) in [7, 11) is 1.63. The molecule has 0 aliphatic carbocycles. The Kier molecular flexibility index (Phi) is 6.84. The molecule has 1 aromatic carbocycles. The maximum absolute atomic E-state index is 13.3. The highest BCUT2D eigenvalue weighted by molar-refractivity contribution is 7.13. The van der Waals surface area contributed by atoms with Gasteiger partial charge in [-0.1, -0.05) is 12.1 Å². The number of benzene rings is 1. The number of carbonyl (C=O) groups is 1. The summed E-state index contributed by atoms with van der Waals surface area (Å²) in [6, 6.07) is 13.6. The molecule has 0 N–H and O–H groups in total. The van der Waals surface area contributed by atoms with Gasteiger partial charge in [0.25, 0.3) is 5.91 Å². The summed E-state index contributed by atoms with van der Waals surface area (Å²) in [5.41, 5.74) is 1.95. The second kappa shape index (κ2) is 9.94. The number of ether oxygens (including phenoxy) is 3. The van der Waals surface area contributed by atoms with Crippen molar-refractivity contribution < 1.29 is 19.0 Å². The number of hydrogen-bond donors (Lipinski definition) is 0. The molecule has 31 heavy (non-hydrogen) atoms. The predicted molar refractivity (Wildman–Crippen MR) is 120 cm³/mol. The monoisotopic (exact) mass is 438 g/mol. The summed E-state index contributed by atoms with van der Waals surface area (Å²) in [4.78, 5) is 21.1. The van der Waals surface area contributed by atoms with Crippen molar-refractivity contribution in [2.75, 3.05) is 20.3 Å². The summed E-state index contributed by atoms with van der Waals surface area (Å²) in [5, 5.41) is 0. The summed E-state index contributed by atoms with van der Waals surface area (Å²) in [5.74, 6) is 1.36. The number of aromatic nitrogens is 1. The fourth-order valence-electron chi connectivity index (χ4n) is 3.53. The van der Waals surface area contributed by atoms with Crippen molar-refractivity contribution in [1.29, 1.82) is 0 Å². The molecule has 4 rings (SSSR count). The van der Waals surface area contributed by atoms with Gasteiger partial charge >= 0.3 is 0 Å². The second-order valence-corrected chi connectivity index (χ2v) is 8.81. The SMILES string of the molecule is COc1cc(CN(Cc2cccnc2)C(=O)c2ccc(C)s2)ccc1O[C@H]1CCOC1. The first kappa shape index (κ1) is 21.3. The molecule has 0 radical (unpaired) electrons. The molecule has 3 heterocycles. The highest BCUT2D eigenvalue weighted by atomic mass is 32.1. The van der Waals surface area contributed by atoms with Crippen molar-refractivity contribution in [2.24, 2.45) is 0 Å². The lowest BCUT2D eigenvalue weighted by Crippen LogP contribution is -2.29. The van der Waals surface area contributed by atoms with Crippen molar-refractivity contribution in [3.05, 3.63) is 75.7 Å². The quantitative estimate of drug-likeness (QED) is 0.519. The first-order valence-electron chi connectivity index (χ1n) is 10.3. The van der Waals surface area contributed by atoms with E-state index < -0.39 is 0 Å². The van der Waals surface area contributed by atoms with E-state index in [1.807, 2.05) is 54.3 Å². The van der Waals surface area contributed by atoms with E-state index in [1.54, 1.807) is 19.5 Å². The molecule has 162 valence electrons. The molecule has 1 aliphatic rings. The maximum atomic E-state index is 13.3. The number of hydrogen-bond acceptors (Lipinski definition) is 6. The van der Waals surface area contributed by atoms with E-state index >= 15 is 0 Å². The zero-order chi connectivity index (χ0) is 21.6. The smallest absolute Gasteiger partial charge is 0.264 e. The van der Waals surface area contributed by atoms with Gasteiger partial charge in [-0.15, -0.1) is 11.3 Å². The van der Waals surface area contributed by atoms with E-state index in [0.717, 1.165) is 33.9 Å². The lowest BCUT2D eigenvalue weighted by molar-refractivity contribution is 0.0734. The van der Waals surface area contributed by atoms with Crippen LogP contribution in [0.5, 0.6) is 11.5 Å². The first-order chi connectivity index (χ1) is 15.1. The Morgan fingerprint density at radius 1 is 1.19 bits per heavy atom. The van der Waals surface area contributed by atoms with Crippen molar-refractivity contribution in [2.45, 2.75) is 32.5 Å². The van der Waals surface area contributed by atoms with E-state index in [9.17, 15) is 4.79 Å². The summed E-state index contributed by atoms with van der Waals surface area (Å²) in [6.07, 6.45) is 4.45. The number of rotatable bonds is 8. The molecule has 1 amide bonds. The predicted octanol–water partition coefficient (Wildman–Crippen LogP) is 4.47. The van der Waals surface area contributed by atoms with Crippen molar-refractivity contribution in [1.82, 2.24) is 9.88 Å². The minimum Gasteiger partial charge on any atom is -0.493 e. The number of pyridine rings is 1. The lowest BCUT2D eigenvalue weighted by Gasteiger charge is -2.23. The molecule has 6 nitrogen and oxygen atoms in total. The number of methoxy groups -OCH3 is 1. The lowest BCUT2D eigenvalue weighted by atomic mass is 10.1. The minimum atomic E-state index is 0.00403. The van der Waals surface area contributed by atoms with Gasteiger partial charge in [0, 0.05) is 36.8 Å². The molecule has 1 atom stereocenters. The average Bonchev–Trinajstić information content (AvgIpc) is 3.46. The van der Waals surface area contributed by atoms with Gasteiger partial charge in [0.15, 0.2) is 11.5 Å². The minimum absolute atomic E-state index is 0.00403. The highest BCUT2D eigenvalue weighted by Gasteiger charge is 2.21. The first-order valence-corrected chi connectivity index (χ1v) is 11.1. The van der Waals surface area contributed by atoms with Gasteiger partial charge in [0.05, 0.1) is 25.2 Å². The van der Waals surface area contributed by atoms with E-state index in [-0.39, 0.29) is 12.0 Å². The number of aryl methyl sites for hydroxylation is 1. The van der Waals surface area contributed by atoms with E-state index in [4.69, 9.17) is 14.2 Å². The Balaban J connectivity index is 1.55. The number of nitrogens with zero attached hydrogens (tertiary/aromatic N) is 2. The topological polar surface area (TPSA) is 60.9 Å². The highest BCUT2D eigenvalue weighted by Crippen LogP contribution is 2.31. The van der Waals surface area contributed by atoms with Gasteiger partial charge in [-0.2, -0.15) is 0 Å². The third-order valence-electron chi connectivity index (χ3n) is 5.12. The zero-order valence-corrected chi connectivity index (χ0v) is 18.6. The van der Waals surface area contributed by atoms with Gasteiger partial charge in [0.1, 0.15) is 6.10 Å². The molecule has 0 saturated carbocycles. The summed E-state index contributed by atoms with van der Waals surface area (Å²) in [6.45, 7) is 4.25. The van der Waals surface area contributed by atoms with Crippen LogP contribution in [-0.4, -0.2) is 42.2 Å². The Labute approximate surface area is 186 Å². The normalized spacial score (nSPS) is 15.6. The standard InChI is InChI=1S/C24H26N2O4S/c1-17-5-8-23(31-17)24(27)26(15-19-4-3-10-25-13-19)14-18-6-7-21(22(12-18)28-2)30-20-9-11-29-16-20/h3-8,10,12-13,20H,9,11,14-16H2,1-2H3/t20-/m0/s1. The molecular formula is C24H26N2O4S. The Morgan fingerprint density at radius 3 is 2.74 bits per heavy atom. The fourth-order valence-corrected chi connectivity index (χ4v) is 4.37. The van der Waals surface area contributed by atoms with Crippen LogP contribution in [0.4, 0.5) is 0 Å². The Morgan fingerprint density at radius 2 is 2.06 bits per heavy atom. The molecule has 0 spiro atoms. The van der Waals surface area contributed by atoms with Gasteiger partial charge < -0.3 is 19.1 Å². The van der Waals surface area contributed by atoms with Gasteiger partial charge in [-0.05, 0) is 48.4 Å². The number of carbonyl (C=O) groups excluding carboxylic acids is 1. The molecule has 1 aliphatic heterocycles. The van der Waals surface area contributed by atoms with Crippen LogP contribution in [0.2, 0.25) is 0 Å². The van der Waals surface area contributed by atoms with Crippen LogP contribution in [0.1, 0.15) is 32.1 Å². The number of amides is 1. The molecule has 7 heteroatoms. The third-order valence-corrected chi connectivity index (χ3v) is 6.11.